The molecule has 0 saturated carbocycles. The molecule has 0 aliphatic rings. The van der Waals surface area contributed by atoms with E-state index in [2.05, 4.69) is 13.2 Å². The summed E-state index contributed by atoms with van der Waals surface area (Å²) in [5.41, 5.74) is 0.367. The highest BCUT2D eigenvalue weighted by Gasteiger charge is 2.21. The van der Waals surface area contributed by atoms with Gasteiger partial charge in [-0.15, -0.1) is 22.7 Å². The van der Waals surface area contributed by atoms with Gasteiger partial charge in [0.2, 0.25) is 0 Å². The van der Waals surface area contributed by atoms with Gasteiger partial charge in [-0.3, -0.25) is 0 Å². The first-order chi connectivity index (χ1) is 20.1. The van der Waals surface area contributed by atoms with E-state index in [-0.39, 0.29) is 37.6 Å². The first kappa shape index (κ1) is 32.1. The monoisotopic (exact) mass is 614 g/mol. The van der Waals surface area contributed by atoms with Crippen LogP contribution in [0.2, 0.25) is 0 Å². The first-order valence-corrected chi connectivity index (χ1v) is 14.4. The summed E-state index contributed by atoms with van der Waals surface area (Å²) in [5, 5.41) is 3.50. The number of carbonyl (C=O) groups is 4. The molecule has 2 unspecified atom stereocenters. The Labute approximate surface area is 251 Å². The Bertz CT molecular complexity index is 1280. The zero-order valence-corrected chi connectivity index (χ0v) is 24.7. The van der Waals surface area contributed by atoms with Crippen molar-refractivity contribution in [1.29, 1.82) is 0 Å². The van der Waals surface area contributed by atoms with E-state index in [1.54, 1.807) is 59.3 Å². The van der Waals surface area contributed by atoms with E-state index in [9.17, 15) is 19.2 Å². The number of hydrogen-bond donors (Lipinski definition) is 0. The number of ether oxygens (including phenoxy) is 6. The van der Waals surface area contributed by atoms with Gasteiger partial charge in [-0.2, -0.15) is 0 Å². The van der Waals surface area contributed by atoms with E-state index in [0.717, 1.165) is 0 Å². The van der Waals surface area contributed by atoms with E-state index in [1.807, 2.05) is 0 Å². The van der Waals surface area contributed by atoms with Crippen LogP contribution in [0.1, 0.15) is 33.2 Å². The minimum atomic E-state index is -0.911. The normalized spacial score (nSPS) is 11.9. The lowest BCUT2D eigenvalue weighted by molar-refractivity contribution is -0.148. The highest BCUT2D eigenvalue weighted by atomic mass is 32.1. The lowest BCUT2D eigenvalue weighted by Gasteiger charge is -2.20. The fourth-order valence-corrected chi connectivity index (χ4v) is 4.27. The zero-order chi connectivity index (χ0) is 30.5. The van der Waals surface area contributed by atoms with Gasteiger partial charge < -0.3 is 28.4 Å². The SMILES string of the molecule is C=C(C)C(=O)OC(COC(=O)c1cccs1)COc1cccc(OCC(COC(=O)c2cccs2)OC(=O)C(=C)C)c1. The highest BCUT2D eigenvalue weighted by Crippen LogP contribution is 2.21. The summed E-state index contributed by atoms with van der Waals surface area (Å²) in [4.78, 5) is 49.5. The van der Waals surface area contributed by atoms with E-state index < -0.39 is 36.1 Å². The molecule has 10 nitrogen and oxygen atoms in total. The highest BCUT2D eigenvalue weighted by molar-refractivity contribution is 7.12. The number of thiophene rings is 2. The largest absolute Gasteiger partial charge is 0.489 e. The Hall–Kier alpha value is -4.42. The number of rotatable bonds is 16. The molecule has 0 aliphatic heterocycles. The summed E-state index contributed by atoms with van der Waals surface area (Å²) in [6, 6.07) is 13.3. The molecule has 2 heterocycles. The Morgan fingerprint density at radius 3 is 1.45 bits per heavy atom. The van der Waals surface area contributed by atoms with Gasteiger partial charge in [0.05, 0.1) is 0 Å². The van der Waals surface area contributed by atoms with Gasteiger partial charge in [0.25, 0.3) is 0 Å². The Morgan fingerprint density at radius 2 is 1.10 bits per heavy atom. The van der Waals surface area contributed by atoms with Crippen LogP contribution in [0.4, 0.5) is 0 Å². The molecular weight excluding hydrogens is 584 g/mol. The Morgan fingerprint density at radius 1 is 0.667 bits per heavy atom. The van der Waals surface area contributed by atoms with Crippen molar-refractivity contribution in [2.45, 2.75) is 26.1 Å². The number of hydrogen-bond acceptors (Lipinski definition) is 12. The average molecular weight is 615 g/mol. The topological polar surface area (TPSA) is 124 Å². The fourth-order valence-electron chi connectivity index (χ4n) is 3.04. The number of carbonyl (C=O) groups excluding carboxylic acids is 4. The Kier molecular flexibility index (Phi) is 12.3. The molecule has 3 rings (SSSR count). The second kappa shape index (κ2) is 16.1. The molecule has 42 heavy (non-hydrogen) atoms. The molecule has 0 aliphatic carbocycles. The summed E-state index contributed by atoms with van der Waals surface area (Å²) < 4.78 is 32.9. The van der Waals surface area contributed by atoms with Crippen LogP contribution in [-0.4, -0.2) is 62.5 Å². The van der Waals surface area contributed by atoms with Crippen molar-refractivity contribution in [2.75, 3.05) is 26.4 Å². The van der Waals surface area contributed by atoms with Crippen LogP contribution in [0.5, 0.6) is 11.5 Å². The maximum Gasteiger partial charge on any atom is 0.348 e. The van der Waals surface area contributed by atoms with Crippen LogP contribution < -0.4 is 9.47 Å². The predicted octanol–water partition coefficient (Wildman–Crippen LogP) is 5.26. The van der Waals surface area contributed by atoms with Crippen LogP contribution in [0.15, 0.2) is 83.6 Å². The van der Waals surface area contributed by atoms with E-state index in [4.69, 9.17) is 28.4 Å². The third-order valence-electron chi connectivity index (χ3n) is 5.17. The van der Waals surface area contributed by atoms with Crippen molar-refractivity contribution in [2.24, 2.45) is 0 Å². The number of esters is 4. The molecule has 0 N–H and O–H groups in total. The first-order valence-electron chi connectivity index (χ1n) is 12.6. The van der Waals surface area contributed by atoms with Gasteiger partial charge in [0.1, 0.15) is 47.7 Å². The van der Waals surface area contributed by atoms with Crippen molar-refractivity contribution >= 4 is 46.6 Å². The molecule has 2 atom stereocenters. The van der Waals surface area contributed by atoms with E-state index in [0.29, 0.717) is 21.3 Å². The molecule has 0 amide bonds. The van der Waals surface area contributed by atoms with Gasteiger partial charge in [-0.25, -0.2) is 19.2 Å². The minimum absolute atomic E-state index is 0.127. The summed E-state index contributed by atoms with van der Waals surface area (Å²) in [7, 11) is 0. The van der Waals surface area contributed by atoms with E-state index >= 15 is 0 Å². The standard InChI is InChI=1S/C30H30O10S2/c1-19(2)27(31)39-23(17-37-29(33)25-10-6-12-41-25)15-35-21-8-5-9-22(14-21)36-16-24(40-28(32)20(3)4)18-38-30(34)26-11-7-13-42-26/h5-14,23-24H,1,3,15-18H2,2,4H3. The molecule has 0 bridgehead atoms. The molecule has 0 saturated heterocycles. The molecule has 12 heteroatoms. The molecule has 3 aromatic rings. The third kappa shape index (κ3) is 10.5. The van der Waals surface area contributed by atoms with Crippen LogP contribution in [0.3, 0.4) is 0 Å². The van der Waals surface area contributed by atoms with Gasteiger partial charge in [-0.1, -0.05) is 31.4 Å². The minimum Gasteiger partial charge on any atom is -0.489 e. The van der Waals surface area contributed by atoms with Crippen LogP contribution >= 0.6 is 22.7 Å². The second-order valence-electron chi connectivity index (χ2n) is 8.86. The summed E-state index contributed by atoms with van der Waals surface area (Å²) >= 11 is 2.46. The third-order valence-corrected chi connectivity index (χ3v) is 6.87. The van der Waals surface area contributed by atoms with Crippen molar-refractivity contribution in [3.8, 4) is 11.5 Å². The quantitative estimate of drug-likeness (QED) is 0.120. The van der Waals surface area contributed by atoms with Gasteiger partial charge in [0.15, 0.2) is 12.2 Å². The lowest BCUT2D eigenvalue weighted by Crippen LogP contribution is -2.31. The van der Waals surface area contributed by atoms with E-state index in [1.165, 1.54) is 36.5 Å². The molecule has 2 aromatic heterocycles. The molecule has 0 radical (unpaired) electrons. The maximum absolute atomic E-state index is 12.2. The molecular formula is C30H30O10S2. The molecule has 0 spiro atoms. The summed E-state index contributed by atoms with van der Waals surface area (Å²) in [6.07, 6.45) is -1.82. The fraction of sp³-hybridized carbons (Fsp3) is 0.267. The maximum atomic E-state index is 12.2. The molecule has 0 fully saturated rings. The van der Waals surface area contributed by atoms with Crippen molar-refractivity contribution in [3.63, 3.8) is 0 Å². The Balaban J connectivity index is 1.59. The average Bonchev–Trinajstić information content (AvgIpc) is 3.71. The van der Waals surface area contributed by atoms with Crippen molar-refractivity contribution in [1.82, 2.24) is 0 Å². The van der Waals surface area contributed by atoms with Crippen LogP contribution in [-0.2, 0) is 28.5 Å². The van der Waals surface area contributed by atoms with Gasteiger partial charge in [-0.05, 0) is 48.9 Å². The summed E-state index contributed by atoms with van der Waals surface area (Å²) in [6.45, 7) is 9.43. The van der Waals surface area contributed by atoms with Crippen molar-refractivity contribution < 1.29 is 47.6 Å². The predicted molar refractivity (Wildman–Crippen MR) is 156 cm³/mol. The second-order valence-corrected chi connectivity index (χ2v) is 10.8. The van der Waals surface area contributed by atoms with Crippen LogP contribution in [0.25, 0.3) is 0 Å². The molecule has 1 aromatic carbocycles. The van der Waals surface area contributed by atoms with Crippen LogP contribution in [0, 0.1) is 0 Å². The van der Waals surface area contributed by atoms with Crippen molar-refractivity contribution in [3.05, 3.63) is 93.3 Å². The molecule has 222 valence electrons. The van der Waals surface area contributed by atoms with Gasteiger partial charge >= 0.3 is 23.9 Å². The summed E-state index contributed by atoms with van der Waals surface area (Å²) in [5.74, 6) is -1.65. The lowest BCUT2D eigenvalue weighted by atomic mass is 10.3. The number of benzene rings is 1. The zero-order valence-electron chi connectivity index (χ0n) is 23.1. The smallest absolute Gasteiger partial charge is 0.348 e. The van der Waals surface area contributed by atoms with Gasteiger partial charge in [0, 0.05) is 17.2 Å².